The van der Waals surface area contributed by atoms with Crippen LogP contribution in [-0.4, -0.2) is 60.6 Å². The number of amides is 4. The van der Waals surface area contributed by atoms with Gasteiger partial charge < -0.3 is 4.74 Å². The SMILES string of the molecule is CCc1ccc(OCCCN=C(C)C2C(=O)N(C)C(=O)N(C)C2=O)cc1. The number of benzene rings is 1. The van der Waals surface area contributed by atoms with Crippen LogP contribution in [0.5, 0.6) is 5.75 Å². The van der Waals surface area contributed by atoms with Crippen LogP contribution in [0, 0.1) is 5.92 Å². The molecule has 0 radical (unpaired) electrons. The van der Waals surface area contributed by atoms with Crippen LogP contribution in [0.15, 0.2) is 29.3 Å². The van der Waals surface area contributed by atoms with Crippen LogP contribution < -0.4 is 4.74 Å². The van der Waals surface area contributed by atoms with Gasteiger partial charge >= 0.3 is 6.03 Å². The summed E-state index contributed by atoms with van der Waals surface area (Å²) < 4.78 is 5.66. The second-order valence-corrected chi connectivity index (χ2v) is 6.23. The van der Waals surface area contributed by atoms with Gasteiger partial charge in [0, 0.05) is 32.8 Å². The molecule has 1 aliphatic rings. The van der Waals surface area contributed by atoms with Crippen LogP contribution in [0.4, 0.5) is 4.79 Å². The second-order valence-electron chi connectivity index (χ2n) is 6.23. The molecule has 26 heavy (non-hydrogen) atoms. The van der Waals surface area contributed by atoms with Crippen LogP contribution >= 0.6 is 0 Å². The lowest BCUT2D eigenvalue weighted by Crippen LogP contribution is -2.58. The van der Waals surface area contributed by atoms with E-state index in [2.05, 4.69) is 11.9 Å². The van der Waals surface area contributed by atoms with Gasteiger partial charge in [-0.15, -0.1) is 0 Å². The molecule has 1 fully saturated rings. The molecule has 0 atom stereocenters. The molecule has 2 rings (SSSR count). The zero-order valence-corrected chi connectivity index (χ0v) is 15.7. The molecule has 7 nitrogen and oxygen atoms in total. The van der Waals surface area contributed by atoms with Crippen molar-refractivity contribution in [2.24, 2.45) is 10.9 Å². The number of nitrogens with zero attached hydrogens (tertiary/aromatic N) is 3. The van der Waals surface area contributed by atoms with Crippen LogP contribution in [-0.2, 0) is 16.0 Å². The summed E-state index contributed by atoms with van der Waals surface area (Å²) in [4.78, 5) is 42.4. The van der Waals surface area contributed by atoms with Gasteiger partial charge in [0.2, 0.25) is 11.8 Å². The minimum Gasteiger partial charge on any atom is -0.494 e. The molecule has 0 aromatic heterocycles. The molecule has 1 aliphatic heterocycles. The molecule has 0 aliphatic carbocycles. The van der Waals surface area contributed by atoms with E-state index in [9.17, 15) is 14.4 Å². The van der Waals surface area contributed by atoms with E-state index < -0.39 is 23.8 Å². The number of aliphatic imine (C=N–C) groups is 1. The normalized spacial score (nSPS) is 16.5. The fourth-order valence-corrected chi connectivity index (χ4v) is 2.69. The fraction of sp³-hybridized carbons (Fsp3) is 0.474. The van der Waals surface area contributed by atoms with E-state index in [-0.39, 0.29) is 0 Å². The maximum Gasteiger partial charge on any atom is 0.332 e. The zero-order chi connectivity index (χ0) is 19.3. The lowest BCUT2D eigenvalue weighted by Gasteiger charge is -2.32. The first-order valence-corrected chi connectivity index (χ1v) is 8.68. The molecule has 0 unspecified atom stereocenters. The van der Waals surface area contributed by atoms with E-state index in [0.717, 1.165) is 22.0 Å². The highest BCUT2D eigenvalue weighted by Gasteiger charge is 2.43. The Morgan fingerprint density at radius 1 is 1.08 bits per heavy atom. The van der Waals surface area contributed by atoms with Crippen molar-refractivity contribution in [3.63, 3.8) is 0 Å². The Morgan fingerprint density at radius 2 is 1.65 bits per heavy atom. The van der Waals surface area contributed by atoms with Crippen molar-refractivity contribution in [1.82, 2.24) is 9.80 Å². The molecule has 7 heteroatoms. The Morgan fingerprint density at radius 3 is 2.19 bits per heavy atom. The van der Waals surface area contributed by atoms with Crippen LogP contribution in [0.2, 0.25) is 0 Å². The Hall–Kier alpha value is -2.70. The lowest BCUT2D eigenvalue weighted by atomic mass is 9.99. The van der Waals surface area contributed by atoms with Gasteiger partial charge in [-0.2, -0.15) is 0 Å². The molecule has 0 bridgehead atoms. The average molecular weight is 359 g/mol. The number of ether oxygens (including phenoxy) is 1. The van der Waals surface area contributed by atoms with Crippen LogP contribution in [0.25, 0.3) is 0 Å². The van der Waals surface area contributed by atoms with E-state index in [0.29, 0.717) is 25.3 Å². The summed E-state index contributed by atoms with van der Waals surface area (Å²) in [5, 5.41) is 0. The highest BCUT2D eigenvalue weighted by molar-refractivity contribution is 6.26. The van der Waals surface area contributed by atoms with E-state index in [1.165, 1.54) is 19.7 Å². The first kappa shape index (κ1) is 19.6. The van der Waals surface area contributed by atoms with Crippen molar-refractivity contribution in [2.45, 2.75) is 26.7 Å². The van der Waals surface area contributed by atoms with Gasteiger partial charge in [0.1, 0.15) is 5.75 Å². The molecule has 1 saturated heterocycles. The summed E-state index contributed by atoms with van der Waals surface area (Å²) in [5.41, 5.74) is 1.67. The fourth-order valence-electron chi connectivity index (χ4n) is 2.69. The van der Waals surface area contributed by atoms with Crippen molar-refractivity contribution in [3.05, 3.63) is 29.8 Å². The number of barbiturate groups is 1. The van der Waals surface area contributed by atoms with Crippen molar-refractivity contribution in [3.8, 4) is 5.75 Å². The van der Waals surface area contributed by atoms with E-state index in [1.807, 2.05) is 24.3 Å². The zero-order valence-electron chi connectivity index (χ0n) is 15.7. The molecule has 1 aromatic rings. The van der Waals surface area contributed by atoms with E-state index >= 15 is 0 Å². The molecule has 0 N–H and O–H groups in total. The molecule has 4 amide bonds. The third-order valence-electron chi connectivity index (χ3n) is 4.41. The second kappa shape index (κ2) is 8.60. The highest BCUT2D eigenvalue weighted by atomic mass is 16.5. The van der Waals surface area contributed by atoms with Gasteiger partial charge in [0.05, 0.1) is 6.61 Å². The molecule has 0 spiro atoms. The number of carbonyl (C=O) groups is 3. The Labute approximate surface area is 153 Å². The van der Waals surface area contributed by atoms with Crippen molar-refractivity contribution in [2.75, 3.05) is 27.2 Å². The summed E-state index contributed by atoms with van der Waals surface area (Å²) in [5.74, 6) is -1.29. The minimum absolute atomic E-state index is 0.415. The average Bonchev–Trinajstić information content (AvgIpc) is 2.65. The maximum atomic E-state index is 12.2. The van der Waals surface area contributed by atoms with Crippen molar-refractivity contribution >= 4 is 23.6 Å². The van der Waals surface area contributed by atoms with Gasteiger partial charge in [0.15, 0.2) is 5.92 Å². The smallest absolute Gasteiger partial charge is 0.332 e. The number of hydrogen-bond acceptors (Lipinski definition) is 5. The number of aryl methyl sites for hydroxylation is 1. The van der Waals surface area contributed by atoms with Gasteiger partial charge in [-0.3, -0.25) is 24.4 Å². The quantitative estimate of drug-likeness (QED) is 0.424. The maximum absolute atomic E-state index is 12.2. The molecule has 0 saturated carbocycles. The molecule has 1 aromatic carbocycles. The third-order valence-corrected chi connectivity index (χ3v) is 4.41. The molecular formula is C19H25N3O4. The molecule has 140 valence electrons. The molecule has 1 heterocycles. The highest BCUT2D eigenvalue weighted by Crippen LogP contribution is 2.17. The monoisotopic (exact) mass is 359 g/mol. The summed E-state index contributed by atoms with van der Waals surface area (Å²) in [6.07, 6.45) is 1.65. The first-order chi connectivity index (χ1) is 12.4. The van der Waals surface area contributed by atoms with E-state index in [4.69, 9.17) is 4.74 Å². The van der Waals surface area contributed by atoms with Crippen molar-refractivity contribution < 1.29 is 19.1 Å². The van der Waals surface area contributed by atoms with Gasteiger partial charge in [-0.25, -0.2) is 4.79 Å². The van der Waals surface area contributed by atoms with Crippen LogP contribution in [0.1, 0.15) is 25.8 Å². The van der Waals surface area contributed by atoms with Gasteiger partial charge in [0.25, 0.3) is 0 Å². The minimum atomic E-state index is -1.02. The van der Waals surface area contributed by atoms with Gasteiger partial charge in [-0.1, -0.05) is 19.1 Å². The molecular weight excluding hydrogens is 334 g/mol. The van der Waals surface area contributed by atoms with E-state index in [1.54, 1.807) is 6.92 Å². The predicted octanol–water partition coefficient (Wildman–Crippen LogP) is 2.15. The Bertz CT molecular complexity index is 688. The summed E-state index contributed by atoms with van der Waals surface area (Å²) in [6.45, 7) is 4.68. The van der Waals surface area contributed by atoms with Crippen molar-refractivity contribution in [1.29, 1.82) is 0 Å². The summed E-state index contributed by atoms with van der Waals surface area (Å²) >= 11 is 0. The lowest BCUT2D eigenvalue weighted by molar-refractivity contribution is -0.144. The Kier molecular flexibility index (Phi) is 6.49. The number of rotatable bonds is 7. The van der Waals surface area contributed by atoms with Crippen LogP contribution in [0.3, 0.4) is 0 Å². The number of carbonyl (C=O) groups excluding carboxylic acids is 3. The standard InChI is InChI=1S/C19H25N3O4/c1-5-14-7-9-15(10-8-14)26-12-6-11-20-13(2)16-17(23)21(3)19(25)22(4)18(16)24/h7-10,16H,5-6,11-12H2,1-4H3. The number of imide groups is 2. The summed E-state index contributed by atoms with van der Waals surface area (Å²) in [7, 11) is 2.73. The Balaban J connectivity index is 1.86. The topological polar surface area (TPSA) is 79.3 Å². The largest absolute Gasteiger partial charge is 0.494 e. The summed E-state index contributed by atoms with van der Waals surface area (Å²) in [6, 6.07) is 7.33. The predicted molar refractivity (Wildman–Crippen MR) is 98.3 cm³/mol. The number of hydrogen-bond donors (Lipinski definition) is 0. The third kappa shape index (κ3) is 4.28. The first-order valence-electron chi connectivity index (χ1n) is 8.68. The number of urea groups is 1. The van der Waals surface area contributed by atoms with Gasteiger partial charge in [-0.05, 0) is 31.0 Å².